The molecule has 1 aromatic carbocycles. The van der Waals surface area contributed by atoms with Gasteiger partial charge < -0.3 is 24.7 Å². The first kappa shape index (κ1) is 17.5. The number of hydrogen-bond acceptors (Lipinski definition) is 5. The number of hydrogen-bond donors (Lipinski definition) is 2. The van der Waals surface area contributed by atoms with Gasteiger partial charge in [0, 0.05) is 24.7 Å². The average Bonchev–Trinajstić information content (AvgIpc) is 3.22. The molecule has 8 heteroatoms. The lowest BCUT2D eigenvalue weighted by atomic mass is 10.1. The Morgan fingerprint density at radius 2 is 2.11 bits per heavy atom. The van der Waals surface area contributed by atoms with E-state index in [4.69, 9.17) is 9.47 Å². The van der Waals surface area contributed by atoms with Gasteiger partial charge in [-0.2, -0.15) is 0 Å². The molecule has 0 aliphatic carbocycles. The number of aromatic amines is 1. The number of nitrogens with zero attached hydrogens (tertiary/aromatic N) is 2. The van der Waals surface area contributed by atoms with Gasteiger partial charge in [0.15, 0.2) is 11.6 Å². The van der Waals surface area contributed by atoms with E-state index in [1.165, 1.54) is 6.07 Å². The Bertz CT molecular complexity index is 900. The number of fused-ring (bicyclic) bond motifs is 1. The Labute approximate surface area is 156 Å². The van der Waals surface area contributed by atoms with Crippen LogP contribution in [0.15, 0.2) is 18.3 Å². The van der Waals surface area contributed by atoms with Crippen molar-refractivity contribution in [1.82, 2.24) is 9.97 Å². The molecule has 4 rings (SSSR count). The molecule has 0 atom stereocenters. The third kappa shape index (κ3) is 3.52. The lowest BCUT2D eigenvalue weighted by Crippen LogP contribution is -2.36. The molecule has 0 unspecified atom stereocenters. The van der Waals surface area contributed by atoms with Crippen LogP contribution in [0.3, 0.4) is 0 Å². The van der Waals surface area contributed by atoms with E-state index in [9.17, 15) is 9.18 Å². The van der Waals surface area contributed by atoms with Gasteiger partial charge in [0.05, 0.1) is 42.5 Å². The summed E-state index contributed by atoms with van der Waals surface area (Å²) >= 11 is 0. The first-order valence-corrected chi connectivity index (χ1v) is 8.92. The molecule has 2 aliphatic heterocycles. The number of nitrogens with one attached hydrogen (secondary N) is 2. The quantitative estimate of drug-likeness (QED) is 0.807. The van der Waals surface area contributed by atoms with Crippen LogP contribution in [0.4, 0.5) is 16.0 Å². The highest BCUT2D eigenvalue weighted by atomic mass is 19.1. The van der Waals surface area contributed by atoms with Crippen LogP contribution < -0.4 is 15.0 Å². The second kappa shape index (κ2) is 7.03. The molecule has 3 heterocycles. The summed E-state index contributed by atoms with van der Waals surface area (Å²) in [5, 5.41) is 2.70. The van der Waals surface area contributed by atoms with Crippen molar-refractivity contribution < 1.29 is 18.7 Å². The van der Waals surface area contributed by atoms with Crippen molar-refractivity contribution in [1.29, 1.82) is 0 Å². The molecule has 0 saturated carbocycles. The normalized spacial score (nSPS) is 18.1. The molecular formula is C19H21FN4O3. The summed E-state index contributed by atoms with van der Waals surface area (Å²) in [6, 6.07) is 2.85. The van der Waals surface area contributed by atoms with Crippen molar-refractivity contribution in [3.05, 3.63) is 35.4 Å². The SMILES string of the molecule is CC(C)Oc1cc2c(cc1F)NC(=O)/C2=C\c1cnc(N2CCOCC2)[nH]1. The summed E-state index contributed by atoms with van der Waals surface area (Å²) < 4.78 is 25.0. The average molecular weight is 372 g/mol. The molecule has 1 amide bonds. The van der Waals surface area contributed by atoms with Crippen molar-refractivity contribution >= 4 is 29.2 Å². The van der Waals surface area contributed by atoms with E-state index in [2.05, 4.69) is 20.2 Å². The molecule has 1 fully saturated rings. The number of morpholine rings is 1. The predicted molar refractivity (Wildman–Crippen MR) is 100 cm³/mol. The van der Waals surface area contributed by atoms with Gasteiger partial charge in [-0.25, -0.2) is 9.37 Å². The van der Waals surface area contributed by atoms with Gasteiger partial charge in [-0.1, -0.05) is 0 Å². The second-order valence-corrected chi connectivity index (χ2v) is 6.77. The van der Waals surface area contributed by atoms with E-state index in [-0.39, 0.29) is 17.8 Å². The standard InChI is InChI=1S/C19H21FN4O3/c1-11(2)27-17-8-13-14(18(25)23-16(13)9-15(17)20)7-12-10-21-19(22-12)24-3-5-26-6-4-24/h7-11H,3-6H2,1-2H3,(H,21,22)(H,23,25)/b14-7-. The van der Waals surface area contributed by atoms with Crippen LogP contribution >= 0.6 is 0 Å². The molecule has 2 aliphatic rings. The topological polar surface area (TPSA) is 79.5 Å². The van der Waals surface area contributed by atoms with Gasteiger partial charge in [0.25, 0.3) is 5.91 Å². The monoisotopic (exact) mass is 372 g/mol. The van der Waals surface area contributed by atoms with Gasteiger partial charge >= 0.3 is 0 Å². The minimum absolute atomic E-state index is 0.129. The second-order valence-electron chi connectivity index (χ2n) is 6.77. The van der Waals surface area contributed by atoms with Crippen LogP contribution in [0.25, 0.3) is 11.6 Å². The Morgan fingerprint density at radius 1 is 1.33 bits per heavy atom. The van der Waals surface area contributed by atoms with Crippen molar-refractivity contribution in [2.45, 2.75) is 20.0 Å². The zero-order valence-corrected chi connectivity index (χ0v) is 15.2. The molecule has 0 radical (unpaired) electrons. The van der Waals surface area contributed by atoms with E-state index >= 15 is 0 Å². The van der Waals surface area contributed by atoms with Crippen LogP contribution in [0.5, 0.6) is 5.75 Å². The molecule has 142 valence electrons. The van der Waals surface area contributed by atoms with E-state index < -0.39 is 5.82 Å². The summed E-state index contributed by atoms with van der Waals surface area (Å²) in [7, 11) is 0. The number of halogens is 1. The summed E-state index contributed by atoms with van der Waals surface area (Å²) in [5.41, 5.74) is 2.19. The Kier molecular flexibility index (Phi) is 4.57. The molecule has 7 nitrogen and oxygen atoms in total. The number of H-pyrrole nitrogens is 1. The Balaban J connectivity index is 1.65. The summed E-state index contributed by atoms with van der Waals surface area (Å²) in [5.74, 6) is 0.0882. The molecule has 1 saturated heterocycles. The van der Waals surface area contributed by atoms with E-state index in [1.807, 2.05) is 13.8 Å². The van der Waals surface area contributed by atoms with Crippen LogP contribution in [0.1, 0.15) is 25.1 Å². The van der Waals surface area contributed by atoms with Crippen molar-refractivity contribution in [2.24, 2.45) is 0 Å². The number of rotatable bonds is 4. The fraction of sp³-hybridized carbons (Fsp3) is 0.368. The van der Waals surface area contributed by atoms with E-state index in [0.717, 1.165) is 19.0 Å². The fourth-order valence-electron chi connectivity index (χ4n) is 3.17. The zero-order valence-electron chi connectivity index (χ0n) is 15.2. The van der Waals surface area contributed by atoms with Crippen molar-refractivity contribution in [3.8, 4) is 5.75 Å². The number of benzene rings is 1. The summed E-state index contributed by atoms with van der Waals surface area (Å²) in [6.07, 6.45) is 3.23. The van der Waals surface area contributed by atoms with Crippen LogP contribution in [0.2, 0.25) is 0 Å². The van der Waals surface area contributed by atoms with E-state index in [0.29, 0.717) is 35.7 Å². The zero-order chi connectivity index (χ0) is 19.0. The first-order chi connectivity index (χ1) is 13.0. The van der Waals surface area contributed by atoms with Crippen LogP contribution in [0, 0.1) is 5.82 Å². The van der Waals surface area contributed by atoms with Crippen molar-refractivity contribution in [2.75, 3.05) is 36.5 Å². The minimum atomic E-state index is -0.500. The van der Waals surface area contributed by atoms with Gasteiger partial charge in [-0.15, -0.1) is 0 Å². The fourth-order valence-corrected chi connectivity index (χ4v) is 3.17. The Morgan fingerprint density at radius 3 is 2.85 bits per heavy atom. The number of carbonyl (C=O) groups excluding carboxylic acids is 1. The molecule has 2 N–H and O–H groups in total. The summed E-state index contributed by atoms with van der Waals surface area (Å²) in [4.78, 5) is 22.1. The number of anilines is 2. The maximum atomic E-state index is 14.2. The number of aromatic nitrogens is 2. The number of amides is 1. The third-order valence-electron chi connectivity index (χ3n) is 4.41. The lowest BCUT2D eigenvalue weighted by Gasteiger charge is -2.26. The molecule has 27 heavy (non-hydrogen) atoms. The Hall–Kier alpha value is -2.87. The molecular weight excluding hydrogens is 351 g/mol. The lowest BCUT2D eigenvalue weighted by molar-refractivity contribution is -0.110. The summed E-state index contributed by atoms with van der Waals surface area (Å²) in [6.45, 7) is 6.51. The van der Waals surface area contributed by atoms with E-state index in [1.54, 1.807) is 18.3 Å². The van der Waals surface area contributed by atoms with Crippen LogP contribution in [-0.2, 0) is 9.53 Å². The molecule has 2 aromatic rings. The number of carbonyl (C=O) groups is 1. The minimum Gasteiger partial charge on any atom is -0.488 e. The highest BCUT2D eigenvalue weighted by Gasteiger charge is 2.27. The first-order valence-electron chi connectivity index (χ1n) is 8.92. The smallest absolute Gasteiger partial charge is 0.256 e. The van der Waals surface area contributed by atoms with Gasteiger partial charge in [0.1, 0.15) is 0 Å². The number of imidazole rings is 1. The predicted octanol–water partition coefficient (Wildman–Crippen LogP) is 2.67. The third-order valence-corrected chi connectivity index (χ3v) is 4.41. The van der Waals surface area contributed by atoms with Crippen molar-refractivity contribution in [3.63, 3.8) is 0 Å². The highest BCUT2D eigenvalue weighted by molar-refractivity contribution is 6.34. The maximum absolute atomic E-state index is 14.2. The molecule has 0 bridgehead atoms. The van der Waals surface area contributed by atoms with Gasteiger partial charge in [-0.3, -0.25) is 4.79 Å². The molecule has 1 aromatic heterocycles. The number of ether oxygens (including phenoxy) is 2. The van der Waals surface area contributed by atoms with Crippen LogP contribution in [-0.4, -0.2) is 48.3 Å². The maximum Gasteiger partial charge on any atom is 0.256 e. The van der Waals surface area contributed by atoms with Gasteiger partial charge in [-0.05, 0) is 26.0 Å². The highest BCUT2D eigenvalue weighted by Crippen LogP contribution is 2.37. The van der Waals surface area contributed by atoms with Gasteiger partial charge in [0.2, 0.25) is 5.95 Å². The molecule has 0 spiro atoms. The largest absolute Gasteiger partial charge is 0.488 e.